The van der Waals surface area contributed by atoms with E-state index in [2.05, 4.69) is 10.3 Å². The van der Waals surface area contributed by atoms with Crippen molar-refractivity contribution in [1.82, 2.24) is 0 Å². The molecule has 0 spiro atoms. The van der Waals surface area contributed by atoms with Crippen molar-refractivity contribution in [3.63, 3.8) is 0 Å². The van der Waals surface area contributed by atoms with Gasteiger partial charge in [0.1, 0.15) is 5.82 Å². The summed E-state index contributed by atoms with van der Waals surface area (Å²) in [6.07, 6.45) is 1.54. The maximum absolute atomic E-state index is 13.1. The van der Waals surface area contributed by atoms with Crippen LogP contribution in [0, 0.1) is 5.82 Å². The van der Waals surface area contributed by atoms with Gasteiger partial charge in [-0.05, 0) is 42.7 Å². The Morgan fingerprint density at radius 1 is 1.12 bits per heavy atom. The molecule has 0 aliphatic heterocycles. The van der Waals surface area contributed by atoms with Crippen LogP contribution in [0.25, 0.3) is 0 Å². The minimum absolute atomic E-state index is 0.217. The van der Waals surface area contributed by atoms with Crippen molar-refractivity contribution in [3.05, 3.63) is 53.8 Å². The number of ether oxygens (including phenoxy) is 2. The monoisotopic (exact) mass is 331 g/mol. The number of hydrogen-bond acceptors (Lipinski definition) is 3. The third-order valence-electron chi connectivity index (χ3n) is 3.45. The second kappa shape index (κ2) is 8.76. The third-order valence-corrected chi connectivity index (χ3v) is 3.45. The van der Waals surface area contributed by atoms with E-state index in [-0.39, 0.29) is 5.82 Å². The Morgan fingerprint density at radius 3 is 2.62 bits per heavy atom. The van der Waals surface area contributed by atoms with E-state index in [0.717, 1.165) is 24.1 Å². The molecule has 0 radical (unpaired) electrons. The van der Waals surface area contributed by atoms with Crippen LogP contribution >= 0.6 is 0 Å². The molecular weight excluding hydrogens is 309 g/mol. The van der Waals surface area contributed by atoms with Crippen molar-refractivity contribution in [2.45, 2.75) is 12.8 Å². The Balaban J connectivity index is 1.85. The number of aryl methyl sites for hydroxylation is 1. The van der Waals surface area contributed by atoms with Gasteiger partial charge in [0.2, 0.25) is 0 Å². The van der Waals surface area contributed by atoms with Gasteiger partial charge in [0, 0.05) is 18.3 Å². The molecule has 0 atom stereocenters. The van der Waals surface area contributed by atoms with E-state index in [1.807, 2.05) is 12.1 Å². The molecule has 0 bridgehead atoms. The fraction of sp³-hybridized carbons (Fsp3) is 0.278. The third kappa shape index (κ3) is 5.15. The van der Waals surface area contributed by atoms with Gasteiger partial charge in [-0.15, -0.1) is 0 Å². The van der Waals surface area contributed by atoms with Gasteiger partial charge in [-0.3, -0.25) is 4.99 Å². The first-order chi connectivity index (χ1) is 11.6. The number of rotatable bonds is 7. The second-order valence-electron chi connectivity index (χ2n) is 5.20. The van der Waals surface area contributed by atoms with Crippen LogP contribution in [-0.2, 0) is 6.42 Å². The highest BCUT2D eigenvalue weighted by Gasteiger charge is 2.05. The number of nitrogens with one attached hydrogen (secondary N) is 1. The van der Waals surface area contributed by atoms with Gasteiger partial charge in [-0.2, -0.15) is 0 Å². The van der Waals surface area contributed by atoms with Crippen molar-refractivity contribution < 1.29 is 13.9 Å². The Morgan fingerprint density at radius 2 is 1.92 bits per heavy atom. The molecule has 2 rings (SSSR count). The summed E-state index contributed by atoms with van der Waals surface area (Å²) < 4.78 is 23.5. The zero-order chi connectivity index (χ0) is 17.4. The number of hydrogen-bond donors (Lipinski definition) is 2. The fourth-order valence-electron chi connectivity index (χ4n) is 2.28. The molecule has 3 N–H and O–H groups in total. The molecule has 0 amide bonds. The summed E-state index contributed by atoms with van der Waals surface area (Å²) in [5.74, 6) is 1.36. The molecule has 2 aromatic carbocycles. The van der Waals surface area contributed by atoms with Gasteiger partial charge in [0.15, 0.2) is 17.5 Å². The van der Waals surface area contributed by atoms with E-state index in [1.165, 1.54) is 12.1 Å². The van der Waals surface area contributed by atoms with Crippen LogP contribution in [0.2, 0.25) is 0 Å². The van der Waals surface area contributed by atoms with E-state index in [1.54, 1.807) is 32.4 Å². The van der Waals surface area contributed by atoms with Gasteiger partial charge in [0.05, 0.1) is 14.2 Å². The lowest BCUT2D eigenvalue weighted by atomic mass is 10.1. The normalized spacial score (nSPS) is 11.2. The summed E-state index contributed by atoms with van der Waals surface area (Å²) in [6.45, 7) is 0.558. The molecule has 0 heterocycles. The average Bonchev–Trinajstić information content (AvgIpc) is 2.58. The largest absolute Gasteiger partial charge is 0.493 e. The molecule has 0 saturated carbocycles. The minimum atomic E-state index is -0.217. The molecule has 2 aromatic rings. The maximum Gasteiger partial charge on any atom is 0.193 e. The van der Waals surface area contributed by atoms with Crippen molar-refractivity contribution in [2.75, 3.05) is 26.1 Å². The quantitative estimate of drug-likeness (QED) is 0.464. The van der Waals surface area contributed by atoms with Crippen LogP contribution in [0.5, 0.6) is 11.5 Å². The molecule has 24 heavy (non-hydrogen) atoms. The number of nitrogens with two attached hydrogens (primary N) is 1. The lowest BCUT2D eigenvalue weighted by Crippen LogP contribution is -2.22. The van der Waals surface area contributed by atoms with Crippen LogP contribution in [-0.4, -0.2) is 26.7 Å². The lowest BCUT2D eigenvalue weighted by molar-refractivity contribution is 0.355. The number of halogens is 1. The summed E-state index contributed by atoms with van der Waals surface area (Å²) in [7, 11) is 3.16. The van der Waals surface area contributed by atoms with Gasteiger partial charge in [-0.1, -0.05) is 12.1 Å². The summed E-state index contributed by atoms with van der Waals surface area (Å²) in [4.78, 5) is 4.27. The molecule has 6 heteroatoms. The molecule has 0 aliphatic carbocycles. The van der Waals surface area contributed by atoms with E-state index in [9.17, 15) is 4.39 Å². The highest BCUT2D eigenvalue weighted by Crippen LogP contribution is 2.29. The van der Waals surface area contributed by atoms with E-state index >= 15 is 0 Å². The molecular formula is C18H22FN3O2. The van der Waals surface area contributed by atoms with Gasteiger partial charge in [0.25, 0.3) is 0 Å². The highest BCUT2D eigenvalue weighted by atomic mass is 19.1. The predicted molar refractivity (Wildman–Crippen MR) is 94.4 cm³/mol. The number of anilines is 1. The van der Waals surface area contributed by atoms with Gasteiger partial charge in [-0.25, -0.2) is 4.39 Å². The van der Waals surface area contributed by atoms with Crippen LogP contribution in [0.1, 0.15) is 12.0 Å². The second-order valence-corrected chi connectivity index (χ2v) is 5.20. The smallest absolute Gasteiger partial charge is 0.193 e. The first-order valence-corrected chi connectivity index (χ1v) is 7.66. The SMILES string of the molecule is COc1ccc(NC(N)=NCCCc2cccc(F)c2)cc1OC. The molecule has 0 saturated heterocycles. The average molecular weight is 331 g/mol. The van der Waals surface area contributed by atoms with Crippen LogP contribution in [0.15, 0.2) is 47.5 Å². The van der Waals surface area contributed by atoms with Crippen molar-refractivity contribution in [2.24, 2.45) is 10.7 Å². The number of aliphatic imine (C=N–C) groups is 1. The van der Waals surface area contributed by atoms with Crippen molar-refractivity contribution in [3.8, 4) is 11.5 Å². The Labute approximate surface area is 141 Å². The van der Waals surface area contributed by atoms with Gasteiger partial charge < -0.3 is 20.5 Å². The molecule has 0 unspecified atom stereocenters. The minimum Gasteiger partial charge on any atom is -0.493 e. The van der Waals surface area contributed by atoms with Crippen LogP contribution in [0.3, 0.4) is 0 Å². The van der Waals surface area contributed by atoms with Crippen LogP contribution in [0.4, 0.5) is 10.1 Å². The number of nitrogens with zero attached hydrogens (tertiary/aromatic N) is 1. The highest BCUT2D eigenvalue weighted by molar-refractivity contribution is 5.92. The zero-order valence-corrected chi connectivity index (χ0v) is 13.9. The van der Waals surface area contributed by atoms with Crippen molar-refractivity contribution in [1.29, 1.82) is 0 Å². The maximum atomic E-state index is 13.1. The molecule has 0 aliphatic rings. The number of methoxy groups -OCH3 is 2. The topological polar surface area (TPSA) is 68.9 Å². The Kier molecular flexibility index (Phi) is 6.42. The molecule has 128 valence electrons. The fourth-order valence-corrected chi connectivity index (χ4v) is 2.28. The lowest BCUT2D eigenvalue weighted by Gasteiger charge is -2.11. The predicted octanol–water partition coefficient (Wildman–Crippen LogP) is 3.20. The standard InChI is InChI=1S/C18H22FN3O2/c1-23-16-9-8-15(12-17(16)24-2)22-18(20)21-10-4-6-13-5-3-7-14(19)11-13/h3,5,7-9,11-12H,4,6,10H2,1-2H3,(H3,20,21,22). The zero-order valence-electron chi connectivity index (χ0n) is 13.9. The first kappa shape index (κ1) is 17.6. The van der Waals surface area contributed by atoms with E-state index < -0.39 is 0 Å². The summed E-state index contributed by atoms with van der Waals surface area (Å²) in [5.41, 5.74) is 7.60. The first-order valence-electron chi connectivity index (χ1n) is 7.66. The summed E-state index contributed by atoms with van der Waals surface area (Å²) in [5, 5.41) is 3.01. The molecule has 0 aromatic heterocycles. The van der Waals surface area contributed by atoms with Crippen molar-refractivity contribution >= 4 is 11.6 Å². The van der Waals surface area contributed by atoms with Gasteiger partial charge >= 0.3 is 0 Å². The number of guanidine groups is 1. The Hall–Kier alpha value is -2.76. The molecule has 5 nitrogen and oxygen atoms in total. The Bertz CT molecular complexity index is 704. The van der Waals surface area contributed by atoms with Crippen LogP contribution < -0.4 is 20.5 Å². The summed E-state index contributed by atoms with van der Waals surface area (Å²) in [6, 6.07) is 12.0. The van der Waals surface area contributed by atoms with E-state index in [0.29, 0.717) is 24.0 Å². The number of benzene rings is 2. The van der Waals surface area contributed by atoms with E-state index in [4.69, 9.17) is 15.2 Å². The summed E-state index contributed by atoms with van der Waals surface area (Å²) >= 11 is 0. The molecule has 0 fully saturated rings.